The fourth-order valence-corrected chi connectivity index (χ4v) is 4.35. The van der Waals surface area contributed by atoms with Gasteiger partial charge in [-0.1, -0.05) is 57.2 Å². The standard InChI is InChI=1S/C25H34O3S/c1-4-21(8-7-13-25(28,5-2)6-3)24-15-20(18-29-24)10-9-19-11-12-22(16-26)23(14-19)17-27/h7-8,11-15,18,26-28H,4-6,9-10,16-17H2,1-3H3. The smallest absolute Gasteiger partial charge is 0.0825 e. The van der Waals surface area contributed by atoms with Crippen LogP contribution in [0.15, 0.2) is 47.9 Å². The average Bonchev–Trinajstić information content (AvgIpc) is 3.23. The van der Waals surface area contributed by atoms with E-state index in [0.29, 0.717) is 0 Å². The van der Waals surface area contributed by atoms with Gasteiger partial charge in [0.05, 0.1) is 18.8 Å². The summed E-state index contributed by atoms with van der Waals surface area (Å²) in [6.07, 6.45) is 10.2. The van der Waals surface area contributed by atoms with Crippen LogP contribution in [0.4, 0.5) is 0 Å². The van der Waals surface area contributed by atoms with Crippen molar-refractivity contribution in [1.82, 2.24) is 0 Å². The van der Waals surface area contributed by atoms with Crippen molar-refractivity contribution in [2.24, 2.45) is 0 Å². The molecule has 29 heavy (non-hydrogen) atoms. The van der Waals surface area contributed by atoms with Gasteiger partial charge in [0.25, 0.3) is 0 Å². The van der Waals surface area contributed by atoms with Gasteiger partial charge in [-0.3, -0.25) is 0 Å². The molecule has 0 spiro atoms. The number of hydrogen-bond donors (Lipinski definition) is 3. The molecule has 0 saturated heterocycles. The van der Waals surface area contributed by atoms with E-state index in [1.54, 1.807) is 11.3 Å². The molecular weight excluding hydrogens is 380 g/mol. The Balaban J connectivity index is 2.05. The zero-order chi connectivity index (χ0) is 21.3. The van der Waals surface area contributed by atoms with Crippen molar-refractivity contribution in [2.45, 2.75) is 71.7 Å². The minimum atomic E-state index is -0.713. The molecule has 1 aromatic heterocycles. The topological polar surface area (TPSA) is 60.7 Å². The largest absolute Gasteiger partial charge is 0.392 e. The van der Waals surface area contributed by atoms with Gasteiger partial charge in [0, 0.05) is 4.88 Å². The van der Waals surface area contributed by atoms with Crippen LogP contribution in [0, 0.1) is 0 Å². The molecule has 0 bridgehead atoms. The van der Waals surface area contributed by atoms with Crippen molar-refractivity contribution < 1.29 is 15.3 Å². The molecule has 0 aliphatic carbocycles. The van der Waals surface area contributed by atoms with Crippen LogP contribution >= 0.6 is 11.3 Å². The first kappa shape index (κ1) is 23.6. The van der Waals surface area contributed by atoms with Crippen molar-refractivity contribution in [3.63, 3.8) is 0 Å². The third-order valence-electron chi connectivity index (χ3n) is 5.59. The molecule has 2 aromatic rings. The molecule has 0 aliphatic heterocycles. The highest BCUT2D eigenvalue weighted by molar-refractivity contribution is 7.11. The summed E-state index contributed by atoms with van der Waals surface area (Å²) >= 11 is 1.76. The second-order valence-corrected chi connectivity index (χ2v) is 8.36. The Morgan fingerprint density at radius 1 is 0.966 bits per heavy atom. The molecule has 0 amide bonds. The van der Waals surface area contributed by atoms with Gasteiger partial charge in [0.1, 0.15) is 0 Å². The number of thiophene rings is 1. The van der Waals surface area contributed by atoms with E-state index < -0.39 is 5.60 Å². The minimum absolute atomic E-state index is 0.0431. The van der Waals surface area contributed by atoms with Crippen LogP contribution in [-0.4, -0.2) is 20.9 Å². The second-order valence-electron chi connectivity index (χ2n) is 7.45. The summed E-state index contributed by atoms with van der Waals surface area (Å²) in [5.41, 5.74) is 4.64. The van der Waals surface area contributed by atoms with Gasteiger partial charge in [0.15, 0.2) is 0 Å². The monoisotopic (exact) mass is 414 g/mol. The van der Waals surface area contributed by atoms with E-state index in [-0.39, 0.29) is 13.2 Å². The summed E-state index contributed by atoms with van der Waals surface area (Å²) in [6, 6.07) is 8.18. The van der Waals surface area contributed by atoms with Crippen LogP contribution in [0.25, 0.3) is 5.57 Å². The normalized spacial score (nSPS) is 12.8. The minimum Gasteiger partial charge on any atom is -0.392 e. The van der Waals surface area contributed by atoms with E-state index in [0.717, 1.165) is 43.2 Å². The number of allylic oxidation sites excluding steroid dienone is 3. The number of benzene rings is 1. The maximum Gasteiger partial charge on any atom is 0.0825 e. The SMILES string of the molecule is CCC(=CC=CC(O)(CC)CC)c1cc(CCc2ccc(CO)c(CO)c2)cs1. The Morgan fingerprint density at radius 3 is 2.28 bits per heavy atom. The lowest BCUT2D eigenvalue weighted by atomic mass is 9.96. The Morgan fingerprint density at radius 2 is 1.66 bits per heavy atom. The van der Waals surface area contributed by atoms with Crippen molar-refractivity contribution >= 4 is 16.9 Å². The van der Waals surface area contributed by atoms with Gasteiger partial charge < -0.3 is 15.3 Å². The van der Waals surface area contributed by atoms with Crippen LogP contribution in [0.5, 0.6) is 0 Å². The van der Waals surface area contributed by atoms with Crippen LogP contribution in [-0.2, 0) is 26.1 Å². The van der Waals surface area contributed by atoms with Crippen LogP contribution in [0.2, 0.25) is 0 Å². The first-order valence-corrected chi connectivity index (χ1v) is 11.4. The third-order valence-corrected chi connectivity index (χ3v) is 6.65. The molecule has 0 aliphatic rings. The molecule has 0 saturated carbocycles. The molecule has 3 nitrogen and oxygen atoms in total. The Kier molecular flexibility index (Phi) is 9.31. The molecule has 158 valence electrons. The highest BCUT2D eigenvalue weighted by atomic mass is 32.1. The third kappa shape index (κ3) is 6.65. The molecule has 4 heteroatoms. The van der Waals surface area contributed by atoms with Crippen LogP contribution in [0.1, 0.15) is 67.2 Å². The molecule has 0 atom stereocenters. The predicted molar refractivity (Wildman–Crippen MR) is 123 cm³/mol. The predicted octanol–water partition coefficient (Wildman–Crippen LogP) is 5.42. The molecule has 2 rings (SSSR count). The number of aliphatic hydroxyl groups excluding tert-OH is 2. The average molecular weight is 415 g/mol. The molecule has 0 unspecified atom stereocenters. The van der Waals surface area contributed by atoms with Crippen LogP contribution < -0.4 is 0 Å². The molecule has 3 N–H and O–H groups in total. The summed E-state index contributed by atoms with van der Waals surface area (Å²) in [6.45, 7) is 6.08. The lowest BCUT2D eigenvalue weighted by molar-refractivity contribution is 0.0828. The fraction of sp³-hybridized carbons (Fsp3) is 0.440. The van der Waals surface area contributed by atoms with E-state index in [1.165, 1.54) is 21.6 Å². The zero-order valence-electron chi connectivity index (χ0n) is 17.8. The van der Waals surface area contributed by atoms with E-state index in [9.17, 15) is 15.3 Å². The Bertz CT molecular complexity index is 828. The fourth-order valence-electron chi connectivity index (χ4n) is 3.30. The summed E-state index contributed by atoms with van der Waals surface area (Å²) in [5.74, 6) is 0. The maximum absolute atomic E-state index is 10.4. The van der Waals surface area contributed by atoms with E-state index in [4.69, 9.17) is 0 Å². The van der Waals surface area contributed by atoms with E-state index >= 15 is 0 Å². The van der Waals surface area contributed by atoms with Gasteiger partial charge >= 0.3 is 0 Å². The molecule has 0 radical (unpaired) electrons. The summed E-state index contributed by atoms with van der Waals surface area (Å²) in [7, 11) is 0. The first-order valence-electron chi connectivity index (χ1n) is 10.5. The second kappa shape index (κ2) is 11.5. The highest BCUT2D eigenvalue weighted by Gasteiger charge is 2.17. The highest BCUT2D eigenvalue weighted by Crippen LogP contribution is 2.27. The van der Waals surface area contributed by atoms with Gasteiger partial charge in [-0.2, -0.15) is 0 Å². The molecule has 1 aromatic carbocycles. The number of aliphatic hydroxyl groups is 3. The quantitative estimate of drug-likeness (QED) is 0.430. The van der Waals surface area contributed by atoms with Gasteiger partial charge in [0.2, 0.25) is 0 Å². The number of aryl methyl sites for hydroxylation is 2. The Hall–Kier alpha value is -1.72. The van der Waals surface area contributed by atoms with Crippen molar-refractivity contribution in [2.75, 3.05) is 0 Å². The molecular formula is C25H34O3S. The van der Waals surface area contributed by atoms with E-state index in [1.807, 2.05) is 44.2 Å². The molecule has 1 heterocycles. The maximum atomic E-state index is 10.4. The summed E-state index contributed by atoms with van der Waals surface area (Å²) in [5, 5.41) is 31.4. The van der Waals surface area contributed by atoms with Crippen LogP contribution in [0.3, 0.4) is 0 Å². The van der Waals surface area contributed by atoms with Gasteiger partial charge in [-0.15, -0.1) is 11.3 Å². The van der Waals surface area contributed by atoms with Gasteiger partial charge in [-0.25, -0.2) is 0 Å². The van der Waals surface area contributed by atoms with Crippen molar-refractivity contribution in [3.8, 4) is 0 Å². The zero-order valence-corrected chi connectivity index (χ0v) is 18.6. The van der Waals surface area contributed by atoms with Crippen molar-refractivity contribution in [3.05, 3.63) is 75.0 Å². The lowest BCUT2D eigenvalue weighted by Gasteiger charge is -2.19. The Labute approximate surface area is 179 Å². The molecule has 0 fully saturated rings. The van der Waals surface area contributed by atoms with Crippen molar-refractivity contribution in [1.29, 1.82) is 0 Å². The first-order chi connectivity index (χ1) is 14.0. The summed E-state index contributed by atoms with van der Waals surface area (Å²) in [4.78, 5) is 1.27. The van der Waals surface area contributed by atoms with Gasteiger partial charge in [-0.05, 0) is 71.4 Å². The lowest BCUT2D eigenvalue weighted by Crippen LogP contribution is -2.22. The summed E-state index contributed by atoms with van der Waals surface area (Å²) < 4.78 is 0. The number of hydrogen-bond acceptors (Lipinski definition) is 4. The van der Waals surface area contributed by atoms with E-state index in [2.05, 4.69) is 24.4 Å². The number of rotatable bonds is 11.